The zero-order valence-electron chi connectivity index (χ0n) is 23.9. The maximum Gasteiger partial charge on any atom is 0.219 e. The van der Waals surface area contributed by atoms with Gasteiger partial charge in [-0.1, -0.05) is 32.9 Å². The number of amidine groups is 1. The third-order valence-corrected chi connectivity index (χ3v) is 7.10. The molecule has 8 nitrogen and oxygen atoms in total. The van der Waals surface area contributed by atoms with Gasteiger partial charge in [0, 0.05) is 82.3 Å². The van der Waals surface area contributed by atoms with Crippen LogP contribution in [-0.2, 0) is 16.0 Å². The highest BCUT2D eigenvalue weighted by Crippen LogP contribution is 2.33. The SMILES string of the molecule is C#C.CC.CC(=O)N1CCC(N)=C(C(=N)N2CCCc3cc(C4C=NN(C)C4)ccc32)C1.C[C@H]1CCOC1. The molecule has 208 valence electrons. The molecule has 1 amide bonds. The van der Waals surface area contributed by atoms with Gasteiger partial charge in [-0.05, 0) is 42.4 Å². The summed E-state index contributed by atoms with van der Waals surface area (Å²) >= 11 is 0. The van der Waals surface area contributed by atoms with Crippen molar-refractivity contribution in [3.8, 4) is 12.8 Å². The number of amides is 1. The summed E-state index contributed by atoms with van der Waals surface area (Å²) in [6.45, 7) is 12.5. The van der Waals surface area contributed by atoms with E-state index in [0.717, 1.165) is 62.0 Å². The first-order valence-corrected chi connectivity index (χ1v) is 13.7. The number of rotatable bonds is 2. The van der Waals surface area contributed by atoms with Crippen LogP contribution in [0.25, 0.3) is 0 Å². The summed E-state index contributed by atoms with van der Waals surface area (Å²) in [5.41, 5.74) is 11.4. The van der Waals surface area contributed by atoms with Crippen molar-refractivity contribution in [1.29, 1.82) is 5.41 Å². The number of anilines is 1. The number of aryl methyl sites for hydroxylation is 1. The monoisotopic (exact) mass is 522 g/mol. The smallest absolute Gasteiger partial charge is 0.219 e. The van der Waals surface area contributed by atoms with Gasteiger partial charge in [-0.3, -0.25) is 15.2 Å². The van der Waals surface area contributed by atoms with E-state index in [-0.39, 0.29) is 5.91 Å². The lowest BCUT2D eigenvalue weighted by Gasteiger charge is -2.36. The Morgan fingerprint density at radius 1 is 1.21 bits per heavy atom. The van der Waals surface area contributed by atoms with Crippen molar-refractivity contribution >= 4 is 23.6 Å². The Morgan fingerprint density at radius 3 is 2.50 bits per heavy atom. The number of nitrogens with two attached hydrogens (primary N) is 1. The second kappa shape index (κ2) is 15.2. The lowest BCUT2D eigenvalue weighted by atomic mass is 9.93. The number of nitrogens with one attached hydrogen (secondary N) is 1. The van der Waals surface area contributed by atoms with Crippen LogP contribution in [0.2, 0.25) is 0 Å². The summed E-state index contributed by atoms with van der Waals surface area (Å²) in [6.07, 6.45) is 13.9. The quantitative estimate of drug-likeness (QED) is 0.344. The molecule has 1 saturated heterocycles. The van der Waals surface area contributed by atoms with Crippen LogP contribution in [-0.4, -0.2) is 74.3 Å². The molecular formula is C30H46N6O2. The van der Waals surface area contributed by atoms with Crippen LogP contribution in [0.1, 0.15) is 64.0 Å². The lowest BCUT2D eigenvalue weighted by Crippen LogP contribution is -2.44. The average molecular weight is 523 g/mol. The summed E-state index contributed by atoms with van der Waals surface area (Å²) in [5, 5.41) is 15.2. The molecule has 8 heteroatoms. The Kier molecular flexibility index (Phi) is 12.4. The van der Waals surface area contributed by atoms with Crippen LogP contribution in [0.4, 0.5) is 5.69 Å². The molecule has 0 aromatic heterocycles. The normalized spacial score (nSPS) is 21.8. The molecule has 1 aromatic carbocycles. The van der Waals surface area contributed by atoms with Gasteiger partial charge in [0.1, 0.15) is 5.84 Å². The Bertz CT molecular complexity index is 1020. The number of hydrazone groups is 1. The van der Waals surface area contributed by atoms with E-state index in [1.54, 1.807) is 11.8 Å². The van der Waals surface area contributed by atoms with Gasteiger partial charge < -0.3 is 20.3 Å². The van der Waals surface area contributed by atoms with Crippen LogP contribution in [0, 0.1) is 24.2 Å². The Balaban J connectivity index is 0.000000435. The topological polar surface area (TPSA) is 98.2 Å². The summed E-state index contributed by atoms with van der Waals surface area (Å²) < 4.78 is 5.06. The molecule has 4 aliphatic heterocycles. The van der Waals surface area contributed by atoms with Gasteiger partial charge in [-0.15, -0.1) is 12.8 Å². The van der Waals surface area contributed by atoms with Crippen molar-refractivity contribution in [3.05, 3.63) is 40.6 Å². The Morgan fingerprint density at radius 2 is 1.95 bits per heavy atom. The number of ether oxygens (including phenoxy) is 1. The fourth-order valence-electron chi connectivity index (χ4n) is 4.93. The molecule has 0 aliphatic carbocycles. The van der Waals surface area contributed by atoms with Gasteiger partial charge in [0.15, 0.2) is 0 Å². The molecule has 38 heavy (non-hydrogen) atoms. The van der Waals surface area contributed by atoms with Gasteiger partial charge in [0.25, 0.3) is 0 Å². The van der Waals surface area contributed by atoms with Crippen molar-refractivity contribution in [2.45, 2.75) is 59.3 Å². The minimum absolute atomic E-state index is 0.0321. The highest BCUT2D eigenvalue weighted by Gasteiger charge is 2.28. The maximum absolute atomic E-state index is 11.8. The van der Waals surface area contributed by atoms with E-state index in [9.17, 15) is 4.79 Å². The van der Waals surface area contributed by atoms with Crippen molar-refractivity contribution < 1.29 is 9.53 Å². The van der Waals surface area contributed by atoms with E-state index in [4.69, 9.17) is 15.9 Å². The summed E-state index contributed by atoms with van der Waals surface area (Å²) in [4.78, 5) is 15.6. The van der Waals surface area contributed by atoms with E-state index in [1.807, 2.05) is 32.1 Å². The standard InChI is InChI=1S/C21H28N6O.C5H10O.C2H6.C2H2/c1-14(28)26-9-7-19(22)18(13-26)21(23)27-8-3-4-16-10-15(5-6-20(16)27)17-11-24-25(2)12-17;1-5-2-3-6-4-5;2*1-2/h5-6,10-11,17,23H,3-4,7-9,12-13,22H2,1-2H3;5H,2-4H2,1H3;1-2H3;1-2H/t;5-;;/m.0../s1. The van der Waals surface area contributed by atoms with Crippen molar-refractivity contribution in [2.75, 3.05) is 51.3 Å². The van der Waals surface area contributed by atoms with Crippen molar-refractivity contribution in [3.63, 3.8) is 0 Å². The number of fused-ring (bicyclic) bond motifs is 1. The van der Waals surface area contributed by atoms with E-state index >= 15 is 0 Å². The molecule has 2 atom stereocenters. The first-order chi connectivity index (χ1) is 18.3. The number of hydrogen-bond donors (Lipinski definition) is 2. The van der Waals surface area contributed by atoms with Gasteiger partial charge in [0.05, 0.1) is 6.54 Å². The number of carbonyl (C=O) groups excluding carboxylic acids is 1. The van der Waals surface area contributed by atoms with Gasteiger partial charge >= 0.3 is 0 Å². The molecule has 1 unspecified atom stereocenters. The van der Waals surface area contributed by atoms with E-state index in [2.05, 4.69) is 48.0 Å². The number of terminal acetylenes is 1. The summed E-state index contributed by atoms with van der Waals surface area (Å²) in [5.74, 6) is 1.61. The molecule has 3 N–H and O–H groups in total. The van der Waals surface area contributed by atoms with Gasteiger partial charge in [0.2, 0.25) is 5.91 Å². The highest BCUT2D eigenvalue weighted by atomic mass is 16.5. The minimum atomic E-state index is 0.0321. The van der Waals surface area contributed by atoms with E-state index in [0.29, 0.717) is 31.3 Å². The van der Waals surface area contributed by atoms with E-state index < -0.39 is 0 Å². The third kappa shape index (κ3) is 7.84. The Hall–Kier alpha value is -3.31. The van der Waals surface area contributed by atoms with Crippen LogP contribution in [0.5, 0.6) is 0 Å². The molecular weight excluding hydrogens is 476 g/mol. The second-order valence-electron chi connectivity index (χ2n) is 9.87. The molecule has 0 saturated carbocycles. The first-order valence-electron chi connectivity index (χ1n) is 13.7. The number of benzene rings is 1. The summed E-state index contributed by atoms with van der Waals surface area (Å²) in [6, 6.07) is 6.55. The van der Waals surface area contributed by atoms with Crippen LogP contribution in [0.15, 0.2) is 34.6 Å². The zero-order chi connectivity index (χ0) is 28.2. The predicted octanol–water partition coefficient (Wildman–Crippen LogP) is 4.21. The molecule has 0 radical (unpaired) electrons. The fourth-order valence-corrected chi connectivity index (χ4v) is 4.93. The number of likely N-dealkylation sites (N-methyl/N-ethyl adjacent to an activating group) is 1. The minimum Gasteiger partial charge on any atom is -0.402 e. The van der Waals surface area contributed by atoms with Crippen LogP contribution < -0.4 is 10.6 Å². The number of hydrogen-bond acceptors (Lipinski definition) is 6. The fraction of sp³-hybridized carbons (Fsp3) is 0.567. The molecule has 5 rings (SSSR count). The van der Waals surface area contributed by atoms with E-state index in [1.165, 1.54) is 17.5 Å². The Labute approximate surface area is 229 Å². The van der Waals surface area contributed by atoms with Gasteiger partial charge in [-0.25, -0.2) is 0 Å². The third-order valence-electron chi connectivity index (χ3n) is 7.10. The largest absolute Gasteiger partial charge is 0.402 e. The molecule has 1 fully saturated rings. The first kappa shape index (κ1) is 30.9. The average Bonchev–Trinajstić information content (AvgIpc) is 3.61. The highest BCUT2D eigenvalue weighted by molar-refractivity contribution is 6.09. The second-order valence-corrected chi connectivity index (χ2v) is 9.87. The predicted molar refractivity (Wildman–Crippen MR) is 158 cm³/mol. The molecule has 4 aliphatic rings. The van der Waals surface area contributed by atoms with Crippen molar-refractivity contribution in [2.24, 2.45) is 16.8 Å². The number of nitrogens with zero attached hydrogens (tertiary/aromatic N) is 4. The molecule has 0 bridgehead atoms. The van der Waals surface area contributed by atoms with Gasteiger partial charge in [-0.2, -0.15) is 5.10 Å². The number of carbonyl (C=O) groups is 1. The van der Waals surface area contributed by atoms with Crippen molar-refractivity contribution in [1.82, 2.24) is 9.91 Å². The molecule has 1 aromatic rings. The lowest BCUT2D eigenvalue weighted by molar-refractivity contribution is -0.128. The van der Waals surface area contributed by atoms with Crippen LogP contribution >= 0.6 is 0 Å². The molecule has 4 heterocycles. The van der Waals surface area contributed by atoms with Crippen LogP contribution in [0.3, 0.4) is 0 Å². The summed E-state index contributed by atoms with van der Waals surface area (Å²) in [7, 11) is 1.99. The maximum atomic E-state index is 11.8. The zero-order valence-corrected chi connectivity index (χ0v) is 23.9. The molecule has 0 spiro atoms.